The Morgan fingerprint density at radius 1 is 1.20 bits per heavy atom. The van der Waals surface area contributed by atoms with E-state index in [2.05, 4.69) is 0 Å². The molecule has 0 heterocycles. The summed E-state index contributed by atoms with van der Waals surface area (Å²) in [5.41, 5.74) is 0. The maximum atomic E-state index is 9.18. The van der Waals surface area contributed by atoms with Gasteiger partial charge in [-0.15, -0.1) is 0 Å². The van der Waals surface area contributed by atoms with Crippen LogP contribution in [0, 0.1) is 0 Å². The molecule has 2 atom stereocenters. The zero-order chi connectivity index (χ0) is 7.40. The zero-order valence-electron chi connectivity index (χ0n) is 6.03. The summed E-state index contributed by atoms with van der Waals surface area (Å²) in [6.45, 7) is 0. The fourth-order valence-corrected chi connectivity index (χ4v) is 1.15. The predicted molar refractivity (Wildman–Crippen MR) is 39.6 cm³/mol. The molecule has 0 aromatic rings. The Labute approximate surface area is 61.2 Å². The number of hydrogen-bond acceptors (Lipinski definition) is 2. The van der Waals surface area contributed by atoms with Gasteiger partial charge in [0.1, 0.15) is 0 Å². The zero-order valence-corrected chi connectivity index (χ0v) is 6.03. The van der Waals surface area contributed by atoms with Crippen molar-refractivity contribution in [1.82, 2.24) is 0 Å². The average molecular weight is 142 g/mol. The van der Waals surface area contributed by atoms with Crippen molar-refractivity contribution in [3.05, 3.63) is 12.2 Å². The van der Waals surface area contributed by atoms with Gasteiger partial charge in [0.25, 0.3) is 0 Å². The maximum absolute atomic E-state index is 9.18. The Morgan fingerprint density at radius 2 is 2.00 bits per heavy atom. The van der Waals surface area contributed by atoms with Crippen molar-refractivity contribution >= 4 is 0 Å². The first-order chi connectivity index (χ1) is 4.80. The molecule has 2 heteroatoms. The Morgan fingerprint density at radius 3 is 2.80 bits per heavy atom. The molecule has 0 radical (unpaired) electrons. The molecule has 0 spiro atoms. The number of rotatable bonds is 0. The summed E-state index contributed by atoms with van der Waals surface area (Å²) < 4.78 is 0. The normalized spacial score (nSPS) is 38.2. The summed E-state index contributed by atoms with van der Waals surface area (Å²) in [7, 11) is 0. The first kappa shape index (κ1) is 7.76. The first-order valence-electron chi connectivity index (χ1n) is 3.83. The van der Waals surface area contributed by atoms with Gasteiger partial charge in [0.15, 0.2) is 0 Å². The smallest absolute Gasteiger partial charge is 0.0979 e. The molecule has 2 nitrogen and oxygen atoms in total. The molecular weight excluding hydrogens is 128 g/mol. The molecule has 1 rings (SSSR count). The minimum atomic E-state index is -0.639. The van der Waals surface area contributed by atoms with Crippen LogP contribution in [0.2, 0.25) is 0 Å². The summed E-state index contributed by atoms with van der Waals surface area (Å²) in [5, 5.41) is 18.3. The third kappa shape index (κ3) is 2.12. The summed E-state index contributed by atoms with van der Waals surface area (Å²) >= 11 is 0. The summed E-state index contributed by atoms with van der Waals surface area (Å²) in [4.78, 5) is 0. The standard InChI is InChI=1S/C8H14O2/c9-7-5-3-1-2-4-6-8(7)10/h3,5,7-10H,1-2,4,6H2/b5-3-/t7-,8-/m0/s1. The molecule has 0 unspecified atom stereocenters. The van der Waals surface area contributed by atoms with Gasteiger partial charge in [-0.2, -0.15) is 0 Å². The molecule has 0 bridgehead atoms. The highest BCUT2D eigenvalue weighted by Gasteiger charge is 2.13. The molecular formula is C8H14O2. The minimum absolute atomic E-state index is 0.545. The van der Waals surface area contributed by atoms with E-state index in [0.717, 1.165) is 25.7 Å². The van der Waals surface area contributed by atoms with Crippen LogP contribution in [0.15, 0.2) is 12.2 Å². The van der Waals surface area contributed by atoms with Gasteiger partial charge in [0, 0.05) is 0 Å². The highest BCUT2D eigenvalue weighted by atomic mass is 16.3. The lowest BCUT2D eigenvalue weighted by Crippen LogP contribution is -2.24. The Bertz CT molecular complexity index is 120. The quantitative estimate of drug-likeness (QED) is 0.492. The van der Waals surface area contributed by atoms with Crippen LogP contribution in [-0.2, 0) is 0 Å². The molecule has 0 aliphatic heterocycles. The highest BCUT2D eigenvalue weighted by molar-refractivity contribution is 4.93. The largest absolute Gasteiger partial charge is 0.390 e. The van der Waals surface area contributed by atoms with E-state index in [0.29, 0.717) is 0 Å². The van der Waals surface area contributed by atoms with Crippen LogP contribution in [0.3, 0.4) is 0 Å². The SMILES string of the molecule is O[C@H]1/C=C\CCCC[C@@H]1O. The summed E-state index contributed by atoms with van der Waals surface area (Å²) in [6, 6.07) is 0. The van der Waals surface area contributed by atoms with Gasteiger partial charge in [-0.3, -0.25) is 0 Å². The second-order valence-electron chi connectivity index (χ2n) is 2.77. The highest BCUT2D eigenvalue weighted by Crippen LogP contribution is 2.11. The first-order valence-corrected chi connectivity index (χ1v) is 3.83. The summed E-state index contributed by atoms with van der Waals surface area (Å²) in [5.74, 6) is 0. The second-order valence-corrected chi connectivity index (χ2v) is 2.77. The molecule has 2 N–H and O–H groups in total. The Kier molecular flexibility index (Phi) is 2.90. The lowest BCUT2D eigenvalue weighted by atomic mass is 10.0. The van der Waals surface area contributed by atoms with E-state index in [4.69, 9.17) is 5.11 Å². The monoisotopic (exact) mass is 142 g/mol. The Hall–Kier alpha value is -0.340. The molecule has 0 saturated carbocycles. The molecule has 1 aliphatic rings. The van der Waals surface area contributed by atoms with Gasteiger partial charge in [-0.05, 0) is 19.3 Å². The second kappa shape index (κ2) is 3.74. The predicted octanol–water partition coefficient (Wildman–Crippen LogP) is 0.838. The van der Waals surface area contributed by atoms with E-state index in [1.54, 1.807) is 6.08 Å². The molecule has 0 fully saturated rings. The van der Waals surface area contributed by atoms with Crippen molar-refractivity contribution in [1.29, 1.82) is 0 Å². The van der Waals surface area contributed by atoms with Crippen LogP contribution in [0.25, 0.3) is 0 Å². The fraction of sp³-hybridized carbons (Fsp3) is 0.750. The number of hydrogen-bond donors (Lipinski definition) is 2. The molecule has 0 amide bonds. The number of aliphatic hydroxyl groups excluding tert-OH is 2. The van der Waals surface area contributed by atoms with Crippen molar-refractivity contribution in [2.24, 2.45) is 0 Å². The molecule has 0 aromatic carbocycles. The van der Waals surface area contributed by atoms with Gasteiger partial charge in [0.2, 0.25) is 0 Å². The number of aliphatic hydroxyl groups is 2. The van der Waals surface area contributed by atoms with E-state index in [9.17, 15) is 5.11 Å². The topological polar surface area (TPSA) is 40.5 Å². The van der Waals surface area contributed by atoms with E-state index in [-0.39, 0.29) is 0 Å². The van der Waals surface area contributed by atoms with Crippen LogP contribution in [0.4, 0.5) is 0 Å². The van der Waals surface area contributed by atoms with Gasteiger partial charge < -0.3 is 10.2 Å². The van der Waals surface area contributed by atoms with Gasteiger partial charge in [-0.25, -0.2) is 0 Å². The van der Waals surface area contributed by atoms with Crippen LogP contribution in [0.5, 0.6) is 0 Å². The lowest BCUT2D eigenvalue weighted by molar-refractivity contribution is 0.0402. The molecule has 0 aromatic heterocycles. The van der Waals surface area contributed by atoms with E-state index in [1.807, 2.05) is 6.08 Å². The molecule has 10 heavy (non-hydrogen) atoms. The van der Waals surface area contributed by atoms with Crippen molar-refractivity contribution in [3.8, 4) is 0 Å². The van der Waals surface area contributed by atoms with E-state index >= 15 is 0 Å². The lowest BCUT2D eigenvalue weighted by Gasteiger charge is -2.15. The molecule has 1 aliphatic carbocycles. The van der Waals surface area contributed by atoms with Crippen molar-refractivity contribution in [2.45, 2.75) is 37.9 Å². The van der Waals surface area contributed by atoms with Crippen LogP contribution in [0.1, 0.15) is 25.7 Å². The van der Waals surface area contributed by atoms with Gasteiger partial charge in [-0.1, -0.05) is 18.6 Å². The Balaban J connectivity index is 2.44. The maximum Gasteiger partial charge on any atom is 0.0979 e. The van der Waals surface area contributed by atoms with Gasteiger partial charge >= 0.3 is 0 Å². The van der Waals surface area contributed by atoms with Gasteiger partial charge in [0.05, 0.1) is 12.2 Å². The minimum Gasteiger partial charge on any atom is -0.390 e. The average Bonchev–Trinajstić information content (AvgIpc) is 1.92. The van der Waals surface area contributed by atoms with Crippen LogP contribution >= 0.6 is 0 Å². The van der Waals surface area contributed by atoms with Crippen molar-refractivity contribution in [3.63, 3.8) is 0 Å². The molecule has 58 valence electrons. The van der Waals surface area contributed by atoms with Crippen LogP contribution in [-0.4, -0.2) is 22.4 Å². The van der Waals surface area contributed by atoms with Crippen molar-refractivity contribution < 1.29 is 10.2 Å². The van der Waals surface area contributed by atoms with Crippen LogP contribution < -0.4 is 0 Å². The van der Waals surface area contributed by atoms with E-state index in [1.165, 1.54) is 0 Å². The summed E-state index contributed by atoms with van der Waals surface area (Å²) in [6.07, 6.45) is 6.34. The fourth-order valence-electron chi connectivity index (χ4n) is 1.15. The third-order valence-corrected chi connectivity index (χ3v) is 1.85. The van der Waals surface area contributed by atoms with E-state index < -0.39 is 12.2 Å². The molecule has 0 saturated heterocycles. The van der Waals surface area contributed by atoms with Crippen molar-refractivity contribution in [2.75, 3.05) is 0 Å². The number of allylic oxidation sites excluding steroid dienone is 1. The third-order valence-electron chi connectivity index (χ3n) is 1.85.